The van der Waals surface area contributed by atoms with Crippen molar-refractivity contribution in [1.29, 1.82) is 0 Å². The highest BCUT2D eigenvalue weighted by atomic mass is 17.0. The number of unbranched alkanes of at least 4 members (excludes halogenated alkanes) is 14. The Kier molecular flexibility index (Phi) is 19.5. The van der Waals surface area contributed by atoms with Gasteiger partial charge in [-0.1, -0.05) is 104 Å². The molecule has 3 heteroatoms. The van der Waals surface area contributed by atoms with E-state index in [4.69, 9.17) is 9.68 Å². The van der Waals surface area contributed by atoms with Crippen molar-refractivity contribution in [2.75, 3.05) is 26.8 Å². The van der Waals surface area contributed by atoms with E-state index in [1.807, 2.05) is 0 Å². The van der Waals surface area contributed by atoms with Gasteiger partial charge in [0.05, 0.1) is 0 Å². The molecule has 0 saturated heterocycles. The van der Waals surface area contributed by atoms with Gasteiger partial charge < -0.3 is 0 Å². The quantitative estimate of drug-likeness (QED) is 0.117. The summed E-state index contributed by atoms with van der Waals surface area (Å²) in [7, 11) is 2.05. The first-order valence-corrected chi connectivity index (χ1v) is 11.8. The fourth-order valence-corrected chi connectivity index (χ4v) is 3.21. The Morgan fingerprint density at radius 2 is 0.769 bits per heavy atom. The van der Waals surface area contributed by atoms with Crippen LogP contribution < -0.4 is 0 Å². The zero-order valence-electron chi connectivity index (χ0n) is 18.7. The highest BCUT2D eigenvalue weighted by molar-refractivity contribution is 4.46. The van der Waals surface area contributed by atoms with Gasteiger partial charge in [-0.05, 0) is 24.6 Å². The van der Waals surface area contributed by atoms with Crippen LogP contribution in [-0.2, 0) is 9.68 Å². The minimum atomic E-state index is 0.312. The lowest BCUT2D eigenvalue weighted by atomic mass is 10.1. The Labute approximate surface area is 165 Å². The summed E-state index contributed by atoms with van der Waals surface area (Å²) in [5.41, 5.74) is 0. The van der Waals surface area contributed by atoms with Crippen molar-refractivity contribution in [2.45, 2.75) is 124 Å². The molecule has 0 radical (unpaired) electrons. The van der Waals surface area contributed by atoms with Gasteiger partial charge in [-0.3, -0.25) is 0 Å². The van der Waals surface area contributed by atoms with Crippen LogP contribution in [0.2, 0.25) is 0 Å². The van der Waals surface area contributed by atoms with E-state index >= 15 is 0 Å². The fourth-order valence-electron chi connectivity index (χ4n) is 3.21. The number of hydrogen-bond acceptors (Lipinski definition) is 2. The fraction of sp³-hybridized carbons (Fsp3) is 1.00. The number of hydroxylamine groups is 4. The molecule has 0 aromatic heterocycles. The van der Waals surface area contributed by atoms with E-state index in [2.05, 4.69) is 27.8 Å². The summed E-state index contributed by atoms with van der Waals surface area (Å²) in [6.07, 6.45) is 21.4. The van der Waals surface area contributed by atoms with Gasteiger partial charge >= 0.3 is 0 Å². The second-order valence-corrected chi connectivity index (χ2v) is 7.95. The first kappa shape index (κ1) is 25.9. The van der Waals surface area contributed by atoms with Gasteiger partial charge in [0.25, 0.3) is 0 Å². The molecule has 0 saturated carbocycles. The molecule has 158 valence electrons. The van der Waals surface area contributed by atoms with Gasteiger partial charge in [0.15, 0.2) is 0 Å². The first-order chi connectivity index (χ1) is 12.7. The Morgan fingerprint density at radius 3 is 1.08 bits per heavy atom. The molecule has 3 nitrogen and oxygen atoms in total. The third kappa shape index (κ3) is 17.3. The molecule has 0 aliphatic carbocycles. The average Bonchev–Trinajstić information content (AvgIpc) is 2.65. The van der Waals surface area contributed by atoms with Crippen molar-refractivity contribution in [3.63, 3.8) is 0 Å². The van der Waals surface area contributed by atoms with Crippen LogP contribution in [0.3, 0.4) is 0 Å². The third-order valence-electron chi connectivity index (χ3n) is 5.30. The van der Waals surface area contributed by atoms with Crippen molar-refractivity contribution >= 4 is 0 Å². The maximum Gasteiger partial charge on any atom is 0.139 e. The molecular weight excluding hydrogens is 322 g/mol. The summed E-state index contributed by atoms with van der Waals surface area (Å²) >= 11 is 0. The minimum Gasteiger partial charge on any atom is -0.168 e. The third-order valence-corrected chi connectivity index (χ3v) is 5.30. The largest absolute Gasteiger partial charge is 0.168 e. The standard InChI is InChI=1S/C23H50NO2/c1-5-8-10-12-14-16-18-20-22-25-24(4,7-3)26-23-21-19-17-15-13-11-9-6-2/h5-23H2,1-4H3/q+1. The van der Waals surface area contributed by atoms with Gasteiger partial charge in [0.1, 0.15) is 26.8 Å². The van der Waals surface area contributed by atoms with E-state index in [0.29, 0.717) is 4.81 Å². The monoisotopic (exact) mass is 372 g/mol. The highest BCUT2D eigenvalue weighted by Gasteiger charge is 2.22. The molecule has 0 heterocycles. The maximum absolute atomic E-state index is 6.01. The average molecular weight is 373 g/mol. The summed E-state index contributed by atoms with van der Waals surface area (Å²) in [4.78, 5) is 12.3. The van der Waals surface area contributed by atoms with Gasteiger partial charge in [-0.25, -0.2) is 0 Å². The van der Waals surface area contributed by atoms with Crippen molar-refractivity contribution < 1.29 is 14.5 Å². The first-order valence-electron chi connectivity index (χ1n) is 11.8. The molecule has 0 rings (SSSR count). The zero-order chi connectivity index (χ0) is 19.3. The number of rotatable bonds is 21. The molecule has 0 amide bonds. The van der Waals surface area contributed by atoms with Crippen LogP contribution in [0.5, 0.6) is 0 Å². The SMILES string of the molecule is CCCCCCCCCCO[N+](C)(CC)OCCCCCCCCCC. The van der Waals surface area contributed by atoms with Crippen LogP contribution in [0.4, 0.5) is 0 Å². The van der Waals surface area contributed by atoms with Gasteiger partial charge in [0, 0.05) is 0 Å². The van der Waals surface area contributed by atoms with Crippen LogP contribution >= 0.6 is 0 Å². The molecule has 0 unspecified atom stereocenters. The summed E-state index contributed by atoms with van der Waals surface area (Å²) in [6.45, 7) is 9.19. The molecular formula is C23H50NO2+. The molecule has 0 N–H and O–H groups in total. The predicted molar refractivity (Wildman–Crippen MR) is 114 cm³/mol. The van der Waals surface area contributed by atoms with Crippen LogP contribution in [0.1, 0.15) is 124 Å². The van der Waals surface area contributed by atoms with Crippen LogP contribution in [0.25, 0.3) is 0 Å². The van der Waals surface area contributed by atoms with E-state index in [-0.39, 0.29) is 0 Å². The van der Waals surface area contributed by atoms with E-state index < -0.39 is 0 Å². The summed E-state index contributed by atoms with van der Waals surface area (Å²) < 4.78 is 0. The molecule has 0 atom stereocenters. The summed E-state index contributed by atoms with van der Waals surface area (Å²) in [6, 6.07) is 0. The van der Waals surface area contributed by atoms with E-state index in [1.54, 1.807) is 0 Å². The molecule has 0 fully saturated rings. The molecule has 0 spiro atoms. The summed E-state index contributed by atoms with van der Waals surface area (Å²) in [5.74, 6) is 0. The van der Waals surface area contributed by atoms with Gasteiger partial charge in [0.2, 0.25) is 0 Å². The Bertz CT molecular complexity index is 249. The molecule has 0 aromatic rings. The molecule has 0 aromatic carbocycles. The molecule has 0 aliphatic rings. The Balaban J connectivity index is 3.49. The topological polar surface area (TPSA) is 18.5 Å². The lowest BCUT2D eigenvalue weighted by Crippen LogP contribution is -2.44. The van der Waals surface area contributed by atoms with Gasteiger partial charge in [-0.2, -0.15) is 9.68 Å². The van der Waals surface area contributed by atoms with E-state index in [9.17, 15) is 0 Å². The normalized spacial score (nSPS) is 12.0. The lowest BCUT2D eigenvalue weighted by Gasteiger charge is -2.27. The van der Waals surface area contributed by atoms with Crippen molar-refractivity contribution in [2.24, 2.45) is 0 Å². The molecule has 0 aliphatic heterocycles. The maximum atomic E-state index is 6.01. The van der Waals surface area contributed by atoms with Crippen LogP contribution in [0.15, 0.2) is 0 Å². The van der Waals surface area contributed by atoms with Crippen LogP contribution in [0, 0.1) is 0 Å². The summed E-state index contributed by atoms with van der Waals surface area (Å²) in [5, 5.41) is 0. The minimum absolute atomic E-state index is 0.312. The van der Waals surface area contributed by atoms with Crippen LogP contribution in [-0.4, -0.2) is 31.6 Å². The Hall–Kier alpha value is -0.120. The highest BCUT2D eigenvalue weighted by Crippen LogP contribution is 2.13. The second kappa shape index (κ2) is 19.6. The zero-order valence-corrected chi connectivity index (χ0v) is 18.7. The number of nitrogens with zero attached hydrogens (tertiary/aromatic N) is 1. The Morgan fingerprint density at radius 1 is 0.462 bits per heavy atom. The van der Waals surface area contributed by atoms with Crippen molar-refractivity contribution in [3.05, 3.63) is 0 Å². The lowest BCUT2D eigenvalue weighted by molar-refractivity contribution is -1.23. The van der Waals surface area contributed by atoms with Crippen molar-refractivity contribution in [1.82, 2.24) is 0 Å². The van der Waals surface area contributed by atoms with E-state index in [0.717, 1.165) is 32.6 Å². The second-order valence-electron chi connectivity index (χ2n) is 7.95. The molecule has 0 bridgehead atoms. The predicted octanol–water partition coefficient (Wildman–Crippen LogP) is 7.60. The molecule has 26 heavy (non-hydrogen) atoms. The number of quaternary nitrogens is 1. The number of hydrogen-bond donors (Lipinski definition) is 0. The van der Waals surface area contributed by atoms with Crippen molar-refractivity contribution in [3.8, 4) is 0 Å². The smallest absolute Gasteiger partial charge is 0.139 e. The van der Waals surface area contributed by atoms with E-state index in [1.165, 1.54) is 89.9 Å². The van der Waals surface area contributed by atoms with Gasteiger partial charge in [-0.15, -0.1) is 0 Å².